The minimum atomic E-state index is -0.411. The quantitative estimate of drug-likeness (QED) is 0.685. The van der Waals surface area contributed by atoms with Gasteiger partial charge in [0.1, 0.15) is 5.75 Å². The third-order valence-corrected chi connectivity index (χ3v) is 4.75. The molecule has 2 unspecified atom stereocenters. The van der Waals surface area contributed by atoms with Crippen molar-refractivity contribution in [2.75, 3.05) is 31.9 Å². The molecule has 0 spiro atoms. The van der Waals surface area contributed by atoms with Crippen LogP contribution in [0.4, 0.5) is 0 Å². The van der Waals surface area contributed by atoms with Gasteiger partial charge in [0.15, 0.2) is 0 Å². The number of thioether (sulfide) groups is 1. The summed E-state index contributed by atoms with van der Waals surface area (Å²) in [5.41, 5.74) is 0.998. The van der Waals surface area contributed by atoms with Crippen LogP contribution >= 0.6 is 11.8 Å². The van der Waals surface area contributed by atoms with Crippen molar-refractivity contribution in [1.82, 2.24) is 10.6 Å². The van der Waals surface area contributed by atoms with E-state index in [1.165, 1.54) is 7.11 Å². The number of amides is 1. The van der Waals surface area contributed by atoms with Gasteiger partial charge in [0.2, 0.25) is 5.91 Å². The summed E-state index contributed by atoms with van der Waals surface area (Å²) in [5, 5.41) is 5.96. The van der Waals surface area contributed by atoms with Crippen LogP contribution in [0.2, 0.25) is 0 Å². The van der Waals surface area contributed by atoms with Crippen LogP contribution in [0.15, 0.2) is 24.3 Å². The molecule has 24 heavy (non-hydrogen) atoms. The summed E-state index contributed by atoms with van der Waals surface area (Å²) in [6, 6.07) is 7.44. The highest BCUT2D eigenvalue weighted by Gasteiger charge is 2.25. The van der Waals surface area contributed by atoms with Gasteiger partial charge in [0.05, 0.1) is 25.7 Å². The van der Waals surface area contributed by atoms with Crippen LogP contribution in [0.1, 0.15) is 12.5 Å². The van der Waals surface area contributed by atoms with Crippen LogP contribution in [-0.2, 0) is 20.7 Å². The Labute approximate surface area is 146 Å². The standard InChI is InChI=1S/C17H24N2O4S/c1-3-23-14-6-4-12(5-7-14)8-13(17(21)22-2)9-18-16(20)15-10-24-11-19-15/h4-7,13,15,19H,3,8-11H2,1-2H3,(H,18,20). The second-order valence-electron chi connectivity index (χ2n) is 5.52. The molecule has 2 N–H and O–H groups in total. The number of methoxy groups -OCH3 is 1. The van der Waals surface area contributed by atoms with E-state index >= 15 is 0 Å². The van der Waals surface area contributed by atoms with E-state index in [2.05, 4.69) is 10.6 Å². The molecule has 1 amide bonds. The topological polar surface area (TPSA) is 76.7 Å². The Morgan fingerprint density at radius 3 is 2.71 bits per heavy atom. The molecule has 1 heterocycles. The largest absolute Gasteiger partial charge is 0.494 e. The van der Waals surface area contributed by atoms with Crippen molar-refractivity contribution < 1.29 is 19.1 Å². The van der Waals surface area contributed by atoms with E-state index < -0.39 is 5.92 Å². The lowest BCUT2D eigenvalue weighted by Gasteiger charge is -2.17. The van der Waals surface area contributed by atoms with E-state index in [4.69, 9.17) is 9.47 Å². The monoisotopic (exact) mass is 352 g/mol. The van der Waals surface area contributed by atoms with E-state index in [1.807, 2.05) is 31.2 Å². The number of hydrogen-bond donors (Lipinski definition) is 2. The molecule has 2 rings (SSSR count). The molecule has 2 atom stereocenters. The molecule has 6 nitrogen and oxygen atoms in total. The summed E-state index contributed by atoms with van der Waals surface area (Å²) in [6.07, 6.45) is 0.506. The first kappa shape index (κ1) is 18.6. The zero-order chi connectivity index (χ0) is 17.4. The molecule has 132 valence electrons. The normalized spacial score (nSPS) is 18.0. The van der Waals surface area contributed by atoms with Crippen molar-refractivity contribution in [3.63, 3.8) is 0 Å². The summed E-state index contributed by atoms with van der Waals surface area (Å²) in [6.45, 7) is 2.81. The third kappa shape index (κ3) is 5.42. The lowest BCUT2D eigenvalue weighted by atomic mass is 9.99. The minimum absolute atomic E-state index is 0.0689. The molecule has 0 aliphatic carbocycles. The summed E-state index contributed by atoms with van der Waals surface area (Å²) in [5.74, 6) is 1.54. The van der Waals surface area contributed by atoms with Crippen LogP contribution in [0, 0.1) is 5.92 Å². The molecular formula is C17H24N2O4S. The second kappa shape index (κ2) is 9.54. The first-order chi connectivity index (χ1) is 11.6. The van der Waals surface area contributed by atoms with Gasteiger partial charge in [-0.2, -0.15) is 0 Å². The van der Waals surface area contributed by atoms with Gasteiger partial charge >= 0.3 is 5.97 Å². The maximum atomic E-state index is 12.1. The summed E-state index contributed by atoms with van der Waals surface area (Å²) in [7, 11) is 1.37. The molecular weight excluding hydrogens is 328 g/mol. The number of rotatable bonds is 8. The first-order valence-corrected chi connectivity index (χ1v) is 9.18. The molecule has 1 fully saturated rings. The number of carbonyl (C=O) groups excluding carboxylic acids is 2. The van der Waals surface area contributed by atoms with Gasteiger partial charge in [-0.1, -0.05) is 12.1 Å². The average molecular weight is 352 g/mol. The van der Waals surface area contributed by atoms with Crippen molar-refractivity contribution >= 4 is 23.6 Å². The van der Waals surface area contributed by atoms with Crippen molar-refractivity contribution in [1.29, 1.82) is 0 Å². The van der Waals surface area contributed by atoms with Gasteiger partial charge in [0.25, 0.3) is 0 Å². The zero-order valence-corrected chi connectivity index (χ0v) is 14.9. The van der Waals surface area contributed by atoms with Gasteiger partial charge in [0, 0.05) is 18.2 Å². The van der Waals surface area contributed by atoms with Crippen LogP contribution in [-0.4, -0.2) is 49.8 Å². The lowest BCUT2D eigenvalue weighted by Crippen LogP contribution is -2.45. The van der Waals surface area contributed by atoms with Crippen LogP contribution < -0.4 is 15.4 Å². The Hall–Kier alpha value is -1.73. The lowest BCUT2D eigenvalue weighted by molar-refractivity contribution is -0.145. The van der Waals surface area contributed by atoms with Gasteiger partial charge < -0.3 is 14.8 Å². The first-order valence-electron chi connectivity index (χ1n) is 8.02. The maximum Gasteiger partial charge on any atom is 0.310 e. The molecule has 1 aliphatic rings. The Balaban J connectivity index is 1.92. The van der Waals surface area contributed by atoms with Gasteiger partial charge in [-0.15, -0.1) is 11.8 Å². The molecule has 0 bridgehead atoms. The zero-order valence-electron chi connectivity index (χ0n) is 14.0. The van der Waals surface area contributed by atoms with E-state index in [0.29, 0.717) is 13.0 Å². The van der Waals surface area contributed by atoms with E-state index in [9.17, 15) is 9.59 Å². The van der Waals surface area contributed by atoms with Crippen molar-refractivity contribution in [3.8, 4) is 5.75 Å². The molecule has 0 aromatic heterocycles. The predicted octanol–water partition coefficient (Wildman–Crippen LogP) is 1.20. The van der Waals surface area contributed by atoms with Gasteiger partial charge in [-0.3, -0.25) is 14.9 Å². The van der Waals surface area contributed by atoms with Gasteiger partial charge in [-0.05, 0) is 31.0 Å². The maximum absolute atomic E-state index is 12.1. The molecule has 1 aromatic carbocycles. The average Bonchev–Trinajstić information content (AvgIpc) is 3.14. The molecule has 1 saturated heterocycles. The Morgan fingerprint density at radius 1 is 1.38 bits per heavy atom. The Bertz CT molecular complexity index is 544. The van der Waals surface area contributed by atoms with Crippen LogP contribution in [0.25, 0.3) is 0 Å². The smallest absolute Gasteiger partial charge is 0.310 e. The minimum Gasteiger partial charge on any atom is -0.494 e. The number of benzene rings is 1. The van der Waals surface area contributed by atoms with Crippen molar-refractivity contribution in [3.05, 3.63) is 29.8 Å². The highest BCUT2D eigenvalue weighted by Crippen LogP contribution is 2.16. The molecule has 1 aromatic rings. The van der Waals surface area contributed by atoms with Crippen molar-refractivity contribution in [2.45, 2.75) is 19.4 Å². The summed E-state index contributed by atoms with van der Waals surface area (Å²) < 4.78 is 10.3. The molecule has 0 radical (unpaired) electrons. The number of esters is 1. The van der Waals surface area contributed by atoms with Gasteiger partial charge in [-0.25, -0.2) is 0 Å². The fourth-order valence-electron chi connectivity index (χ4n) is 2.49. The highest BCUT2D eigenvalue weighted by molar-refractivity contribution is 7.99. The molecule has 1 aliphatic heterocycles. The number of nitrogens with one attached hydrogen (secondary N) is 2. The highest BCUT2D eigenvalue weighted by atomic mass is 32.2. The molecule has 7 heteroatoms. The SMILES string of the molecule is CCOc1ccc(CC(CNC(=O)C2CSCN2)C(=O)OC)cc1. The second-order valence-corrected chi connectivity index (χ2v) is 6.55. The van der Waals surface area contributed by atoms with E-state index in [-0.39, 0.29) is 24.5 Å². The number of carbonyl (C=O) groups is 2. The summed E-state index contributed by atoms with van der Waals surface area (Å²) in [4.78, 5) is 24.1. The van der Waals surface area contributed by atoms with E-state index in [1.54, 1.807) is 11.8 Å². The number of hydrogen-bond acceptors (Lipinski definition) is 6. The number of ether oxygens (including phenoxy) is 2. The van der Waals surface area contributed by atoms with Crippen LogP contribution in [0.5, 0.6) is 5.75 Å². The summed E-state index contributed by atoms with van der Waals surface area (Å²) >= 11 is 1.69. The van der Waals surface area contributed by atoms with Crippen molar-refractivity contribution in [2.24, 2.45) is 5.92 Å². The van der Waals surface area contributed by atoms with E-state index in [0.717, 1.165) is 22.9 Å². The fraction of sp³-hybridized carbons (Fsp3) is 0.529. The fourth-order valence-corrected chi connectivity index (χ4v) is 3.43. The third-order valence-electron chi connectivity index (χ3n) is 3.81. The predicted molar refractivity (Wildman–Crippen MR) is 94.1 cm³/mol. The Kier molecular flexibility index (Phi) is 7.39. The molecule has 0 saturated carbocycles. The Morgan fingerprint density at radius 2 is 2.12 bits per heavy atom. The van der Waals surface area contributed by atoms with Crippen LogP contribution in [0.3, 0.4) is 0 Å².